The number of aryl methyl sites for hydroxylation is 1. The van der Waals surface area contributed by atoms with E-state index in [1.807, 2.05) is 6.92 Å². The molecule has 5 heterocycles. The van der Waals surface area contributed by atoms with E-state index in [1.165, 1.54) is 12.1 Å². The van der Waals surface area contributed by atoms with Gasteiger partial charge in [-0.15, -0.1) is 0 Å². The van der Waals surface area contributed by atoms with Crippen LogP contribution in [0.15, 0.2) is 42.6 Å². The van der Waals surface area contributed by atoms with Crippen molar-refractivity contribution in [3.05, 3.63) is 60.1 Å². The molecule has 4 aromatic rings. The predicted molar refractivity (Wildman–Crippen MR) is 182 cm³/mol. The Hall–Kier alpha value is -4.85. The number of benzene rings is 1. The van der Waals surface area contributed by atoms with Gasteiger partial charge in [-0.1, -0.05) is 13.3 Å². The van der Waals surface area contributed by atoms with Crippen molar-refractivity contribution in [1.29, 1.82) is 0 Å². The van der Waals surface area contributed by atoms with Crippen molar-refractivity contribution in [1.82, 2.24) is 29.3 Å². The molecule has 2 aliphatic rings. The van der Waals surface area contributed by atoms with E-state index < -0.39 is 23.3 Å². The van der Waals surface area contributed by atoms with Crippen LogP contribution in [0.4, 0.5) is 29.9 Å². The van der Waals surface area contributed by atoms with Crippen molar-refractivity contribution in [2.75, 3.05) is 56.1 Å². The Morgan fingerprint density at radius 1 is 1.00 bits per heavy atom. The Kier molecular flexibility index (Phi) is 9.68. The summed E-state index contributed by atoms with van der Waals surface area (Å²) in [6.07, 6.45) is 2.45. The molecular weight excluding hydrogens is 634 g/mol. The van der Waals surface area contributed by atoms with Gasteiger partial charge in [0.05, 0.1) is 18.0 Å². The second kappa shape index (κ2) is 13.9. The van der Waals surface area contributed by atoms with Crippen molar-refractivity contribution >= 4 is 34.9 Å². The highest BCUT2D eigenvalue weighted by Crippen LogP contribution is 2.31. The maximum absolute atomic E-state index is 15.8. The first-order valence-electron chi connectivity index (χ1n) is 16.6. The molecule has 0 radical (unpaired) electrons. The van der Waals surface area contributed by atoms with Crippen molar-refractivity contribution < 1.29 is 27.8 Å². The van der Waals surface area contributed by atoms with Crippen molar-refractivity contribution in [2.45, 2.75) is 59.1 Å². The van der Waals surface area contributed by atoms with Gasteiger partial charge in [0.25, 0.3) is 0 Å². The van der Waals surface area contributed by atoms with Gasteiger partial charge in [-0.3, -0.25) is 14.8 Å². The molecule has 260 valence electrons. The highest BCUT2D eigenvalue weighted by molar-refractivity contribution is 5.85. The molecule has 0 spiro atoms. The minimum atomic E-state index is -0.669. The van der Waals surface area contributed by atoms with Crippen LogP contribution in [0.2, 0.25) is 0 Å². The molecule has 0 aliphatic carbocycles. The molecule has 6 rings (SSSR count). The SMILES string of the molecule is CCCCOC(=O)N1CC(N2CCN(c3c(F)cc(-n4c(C)nc5ccc(-c6ccnc(NC(=O)OC(C)(C)C)c6)nc54)cc3F)CC2)C1. The van der Waals surface area contributed by atoms with E-state index in [4.69, 9.17) is 14.5 Å². The number of fused-ring (bicyclic) bond motifs is 1. The van der Waals surface area contributed by atoms with Crippen LogP contribution in [0.3, 0.4) is 0 Å². The molecular formula is C35H42F2N8O4. The maximum atomic E-state index is 15.8. The molecule has 12 nitrogen and oxygen atoms in total. The first-order chi connectivity index (χ1) is 23.4. The Morgan fingerprint density at radius 3 is 2.39 bits per heavy atom. The lowest BCUT2D eigenvalue weighted by atomic mass is 10.1. The van der Waals surface area contributed by atoms with E-state index in [2.05, 4.69) is 20.2 Å². The van der Waals surface area contributed by atoms with Gasteiger partial charge in [0.2, 0.25) is 0 Å². The third-order valence-corrected chi connectivity index (χ3v) is 8.61. The monoisotopic (exact) mass is 676 g/mol. The number of imidazole rings is 1. The lowest BCUT2D eigenvalue weighted by Crippen LogP contribution is -2.64. The van der Waals surface area contributed by atoms with E-state index in [-0.39, 0.29) is 29.3 Å². The lowest BCUT2D eigenvalue weighted by Gasteiger charge is -2.47. The number of rotatable bonds is 8. The zero-order chi connectivity index (χ0) is 34.9. The third-order valence-electron chi connectivity index (χ3n) is 8.61. The molecule has 0 bridgehead atoms. The van der Waals surface area contributed by atoms with Crippen LogP contribution in [-0.2, 0) is 9.47 Å². The number of hydrogen-bond donors (Lipinski definition) is 1. The number of carbonyl (C=O) groups excluding carboxylic acids is 2. The minimum absolute atomic E-state index is 0.0596. The van der Waals surface area contributed by atoms with Gasteiger partial charge in [-0.05, 0) is 58.4 Å². The van der Waals surface area contributed by atoms with Crippen LogP contribution in [-0.4, -0.2) is 99.0 Å². The molecule has 0 unspecified atom stereocenters. The number of nitrogens with one attached hydrogen (secondary N) is 1. The number of aromatic nitrogens is 4. The Labute approximate surface area is 284 Å². The fourth-order valence-electron chi connectivity index (χ4n) is 6.13. The molecule has 1 N–H and O–H groups in total. The Balaban J connectivity index is 1.16. The van der Waals surface area contributed by atoms with Gasteiger partial charge >= 0.3 is 12.2 Å². The summed E-state index contributed by atoms with van der Waals surface area (Å²) in [5.41, 5.74) is 1.76. The van der Waals surface area contributed by atoms with Gasteiger partial charge in [0.15, 0.2) is 17.3 Å². The summed E-state index contributed by atoms with van der Waals surface area (Å²) in [4.78, 5) is 43.7. The number of pyridine rings is 2. The molecule has 3 aromatic heterocycles. The average molecular weight is 677 g/mol. The van der Waals surface area contributed by atoms with Crippen LogP contribution < -0.4 is 10.2 Å². The molecule has 1 aromatic carbocycles. The summed E-state index contributed by atoms with van der Waals surface area (Å²) in [7, 11) is 0. The van der Waals surface area contributed by atoms with Gasteiger partial charge in [-0.25, -0.2) is 33.3 Å². The standard InChI is InChI=1S/C35H42F2N8O4/c1-6-7-16-48-34(47)44-20-25(21-44)42-12-14-43(15-13-42)31-26(36)18-24(19-27(31)37)45-22(2)39-29-9-8-28(40-32(29)45)23-10-11-38-30(17-23)41-33(46)49-35(3,4)5/h8-11,17-19,25H,6-7,12-16,20-21H2,1-5H3,(H,38,41,46). The molecule has 2 aliphatic heterocycles. The van der Waals surface area contributed by atoms with Gasteiger partial charge in [0, 0.05) is 69.2 Å². The predicted octanol–water partition coefficient (Wildman–Crippen LogP) is 6.16. The number of halogens is 2. The second-order valence-corrected chi connectivity index (χ2v) is 13.4. The van der Waals surface area contributed by atoms with Crippen LogP contribution in [0, 0.1) is 18.6 Å². The normalized spacial score (nSPS) is 15.7. The average Bonchev–Trinajstić information content (AvgIpc) is 3.35. The molecule has 0 atom stereocenters. The smallest absolute Gasteiger partial charge is 0.413 e. The van der Waals surface area contributed by atoms with E-state index in [9.17, 15) is 9.59 Å². The lowest BCUT2D eigenvalue weighted by molar-refractivity contribution is 0.0190. The summed E-state index contributed by atoms with van der Waals surface area (Å²) in [5, 5.41) is 2.63. The third kappa shape index (κ3) is 7.58. The number of anilines is 2. The number of likely N-dealkylation sites (tertiary alicyclic amines) is 1. The Bertz CT molecular complexity index is 1820. The number of amides is 2. The number of piperazine rings is 1. The highest BCUT2D eigenvalue weighted by Gasteiger charge is 2.37. The molecule has 2 fully saturated rings. The van der Waals surface area contributed by atoms with E-state index in [0.717, 1.165) is 12.8 Å². The zero-order valence-corrected chi connectivity index (χ0v) is 28.5. The van der Waals surface area contributed by atoms with E-state index in [0.29, 0.717) is 74.1 Å². The summed E-state index contributed by atoms with van der Waals surface area (Å²) >= 11 is 0. The highest BCUT2D eigenvalue weighted by atomic mass is 19.1. The molecule has 2 saturated heterocycles. The topological polar surface area (TPSA) is 118 Å². The number of unbranched alkanes of at least 4 members (excludes halogenated alkanes) is 1. The van der Waals surface area contributed by atoms with Gasteiger partial charge < -0.3 is 19.3 Å². The molecule has 49 heavy (non-hydrogen) atoms. The summed E-state index contributed by atoms with van der Waals surface area (Å²) in [6, 6.07) is 9.85. The summed E-state index contributed by atoms with van der Waals surface area (Å²) < 4.78 is 43.8. The summed E-state index contributed by atoms with van der Waals surface area (Å²) in [6.45, 7) is 12.9. The quantitative estimate of drug-likeness (QED) is 0.219. The van der Waals surface area contributed by atoms with Crippen LogP contribution >= 0.6 is 0 Å². The largest absolute Gasteiger partial charge is 0.449 e. The minimum Gasteiger partial charge on any atom is -0.449 e. The van der Waals surface area contributed by atoms with E-state index >= 15 is 8.78 Å². The summed E-state index contributed by atoms with van der Waals surface area (Å²) in [5.74, 6) is -0.531. The van der Waals surface area contributed by atoms with Crippen LogP contribution in [0.5, 0.6) is 0 Å². The maximum Gasteiger partial charge on any atom is 0.413 e. The Morgan fingerprint density at radius 2 is 1.71 bits per heavy atom. The first-order valence-corrected chi connectivity index (χ1v) is 16.6. The number of hydrogen-bond acceptors (Lipinski definition) is 9. The van der Waals surface area contributed by atoms with Crippen LogP contribution in [0.1, 0.15) is 46.4 Å². The van der Waals surface area contributed by atoms with Crippen molar-refractivity contribution in [2.24, 2.45) is 0 Å². The second-order valence-electron chi connectivity index (χ2n) is 13.4. The number of ether oxygens (including phenoxy) is 2. The fourth-order valence-corrected chi connectivity index (χ4v) is 6.13. The zero-order valence-electron chi connectivity index (χ0n) is 28.5. The number of carbonyl (C=O) groups is 2. The molecule has 2 amide bonds. The van der Waals surface area contributed by atoms with Crippen LogP contribution in [0.25, 0.3) is 28.1 Å². The van der Waals surface area contributed by atoms with Crippen molar-refractivity contribution in [3.63, 3.8) is 0 Å². The molecule has 14 heteroatoms. The fraction of sp³-hybridized carbons (Fsp3) is 0.457. The van der Waals surface area contributed by atoms with E-state index in [1.54, 1.807) is 72.5 Å². The molecule has 0 saturated carbocycles. The first kappa shape index (κ1) is 34.0. The number of nitrogens with zero attached hydrogens (tertiary/aromatic N) is 7. The van der Waals surface area contributed by atoms with Gasteiger partial charge in [-0.2, -0.15) is 0 Å². The van der Waals surface area contributed by atoms with Gasteiger partial charge in [0.1, 0.15) is 28.4 Å². The van der Waals surface area contributed by atoms with Crippen molar-refractivity contribution in [3.8, 4) is 16.9 Å².